The fourth-order valence-electron chi connectivity index (χ4n) is 1.47. The third-order valence-electron chi connectivity index (χ3n) is 2.04. The third kappa shape index (κ3) is 2.90. The summed E-state index contributed by atoms with van der Waals surface area (Å²) in [6.45, 7) is 3.30. The largest absolute Gasteiger partial charge is 0.390 e. The molecule has 0 unspecified atom stereocenters. The predicted molar refractivity (Wildman–Crippen MR) is 52.6 cm³/mol. The van der Waals surface area contributed by atoms with Crippen molar-refractivity contribution in [2.75, 3.05) is 6.54 Å². The summed E-state index contributed by atoms with van der Waals surface area (Å²) in [7, 11) is 0. The minimum Gasteiger partial charge on any atom is -0.390 e. The number of ether oxygens (including phenoxy) is 2. The number of aliphatic hydroxyl groups is 1. The van der Waals surface area contributed by atoms with Crippen LogP contribution in [0.3, 0.4) is 0 Å². The number of nitrogens with one attached hydrogen (secondary N) is 1. The van der Waals surface area contributed by atoms with Gasteiger partial charge in [0.25, 0.3) is 0 Å². The van der Waals surface area contributed by atoms with Gasteiger partial charge in [-0.15, -0.1) is 0 Å². The second-order valence-electron chi connectivity index (χ2n) is 3.71. The van der Waals surface area contributed by atoms with E-state index >= 15 is 0 Å². The van der Waals surface area contributed by atoms with E-state index in [2.05, 4.69) is 10.0 Å². The molecule has 0 amide bonds. The fourth-order valence-corrected chi connectivity index (χ4v) is 1.47. The van der Waals surface area contributed by atoms with E-state index in [0.29, 0.717) is 0 Å². The Kier molecular flexibility index (Phi) is 3.65. The summed E-state index contributed by atoms with van der Waals surface area (Å²) in [6.07, 6.45) is -1.17. The molecule has 1 aliphatic rings. The summed E-state index contributed by atoms with van der Waals surface area (Å²) < 4.78 is 10.8. The van der Waals surface area contributed by atoms with E-state index in [0.717, 1.165) is 6.21 Å². The summed E-state index contributed by atoms with van der Waals surface area (Å²) in [5.74, 6) is -0.829. The fraction of sp³-hybridized carbons (Fsp3) is 0.875. The molecule has 0 radical (unpaired) electrons. The van der Waals surface area contributed by atoms with E-state index in [1.807, 2.05) is 0 Å². The second kappa shape index (κ2) is 4.59. The zero-order chi connectivity index (χ0) is 11.5. The Morgan fingerprint density at radius 3 is 2.87 bits per heavy atom. The molecule has 0 saturated carbocycles. The quantitative estimate of drug-likeness (QED) is 0.313. The van der Waals surface area contributed by atoms with E-state index in [-0.39, 0.29) is 6.54 Å². The molecule has 15 heavy (non-hydrogen) atoms. The normalized spacial score (nSPS) is 30.6. The summed E-state index contributed by atoms with van der Waals surface area (Å²) in [5, 5.41) is 20.0. The third-order valence-corrected chi connectivity index (χ3v) is 2.04. The van der Waals surface area contributed by atoms with Crippen LogP contribution in [0.2, 0.25) is 0 Å². The first-order valence-corrected chi connectivity index (χ1v) is 4.55. The number of nitrogens with zero attached hydrogens (tertiary/aromatic N) is 3. The van der Waals surface area contributed by atoms with Crippen molar-refractivity contribution in [1.29, 1.82) is 5.41 Å². The average molecular weight is 214 g/mol. The lowest BCUT2D eigenvalue weighted by Crippen LogP contribution is -2.37. The van der Waals surface area contributed by atoms with Crippen LogP contribution in [0.15, 0.2) is 5.11 Å². The van der Waals surface area contributed by atoms with Crippen molar-refractivity contribution in [3.8, 4) is 0 Å². The smallest absolute Gasteiger partial charge is 0.164 e. The molecule has 1 heterocycles. The number of azide groups is 1. The van der Waals surface area contributed by atoms with Gasteiger partial charge in [-0.05, 0) is 19.4 Å². The monoisotopic (exact) mass is 214 g/mol. The van der Waals surface area contributed by atoms with Gasteiger partial charge in [0, 0.05) is 11.1 Å². The van der Waals surface area contributed by atoms with Gasteiger partial charge in [0.1, 0.15) is 12.2 Å². The highest BCUT2D eigenvalue weighted by molar-refractivity contribution is 5.61. The molecular formula is C8H14N4O3. The van der Waals surface area contributed by atoms with Crippen LogP contribution in [-0.2, 0) is 9.47 Å². The van der Waals surface area contributed by atoms with E-state index in [4.69, 9.17) is 20.4 Å². The zero-order valence-corrected chi connectivity index (χ0v) is 8.62. The van der Waals surface area contributed by atoms with Gasteiger partial charge in [0.2, 0.25) is 0 Å². The molecule has 2 N–H and O–H groups in total. The van der Waals surface area contributed by atoms with Crippen LogP contribution in [-0.4, -0.2) is 42.0 Å². The Bertz CT molecular complexity index is 288. The van der Waals surface area contributed by atoms with Crippen LogP contribution in [0, 0.1) is 5.41 Å². The van der Waals surface area contributed by atoms with Crippen LogP contribution in [0.4, 0.5) is 0 Å². The summed E-state index contributed by atoms with van der Waals surface area (Å²) >= 11 is 0. The highest BCUT2D eigenvalue weighted by Crippen LogP contribution is 2.29. The van der Waals surface area contributed by atoms with Gasteiger partial charge < -0.3 is 20.0 Å². The molecule has 0 aliphatic carbocycles. The molecule has 0 aromatic carbocycles. The molecule has 1 fully saturated rings. The molecule has 0 bridgehead atoms. The molecule has 7 nitrogen and oxygen atoms in total. The first-order valence-electron chi connectivity index (χ1n) is 4.55. The predicted octanol–water partition coefficient (Wildman–Crippen LogP) is 0.827. The Balaban J connectivity index is 2.67. The van der Waals surface area contributed by atoms with Crippen LogP contribution >= 0.6 is 0 Å². The van der Waals surface area contributed by atoms with E-state index in [1.54, 1.807) is 13.8 Å². The van der Waals surface area contributed by atoms with Crippen molar-refractivity contribution >= 4 is 6.21 Å². The van der Waals surface area contributed by atoms with Crippen molar-refractivity contribution in [2.45, 2.75) is 37.9 Å². The van der Waals surface area contributed by atoms with Gasteiger partial charge in [0.05, 0.1) is 12.6 Å². The van der Waals surface area contributed by atoms with Crippen LogP contribution in [0.25, 0.3) is 10.4 Å². The Hall–Kier alpha value is -1.14. The second-order valence-corrected chi connectivity index (χ2v) is 3.71. The first-order chi connectivity index (χ1) is 7.00. The molecule has 0 spiro atoms. The van der Waals surface area contributed by atoms with Crippen molar-refractivity contribution < 1.29 is 14.6 Å². The topological polar surface area (TPSA) is 111 Å². The summed E-state index contributed by atoms with van der Waals surface area (Å²) in [5.41, 5.74) is 8.11. The van der Waals surface area contributed by atoms with Gasteiger partial charge in [-0.1, -0.05) is 5.11 Å². The SMILES string of the molecule is CC1(C)O[C@H]([C@H](O)CN=[N+]=[N-])[C@@H](C=N)O1. The lowest BCUT2D eigenvalue weighted by Gasteiger charge is -2.19. The number of rotatable bonds is 4. The molecule has 0 aromatic rings. The van der Waals surface area contributed by atoms with E-state index < -0.39 is 24.1 Å². The Morgan fingerprint density at radius 2 is 2.33 bits per heavy atom. The van der Waals surface area contributed by atoms with Gasteiger partial charge >= 0.3 is 0 Å². The first kappa shape index (κ1) is 11.9. The molecule has 1 saturated heterocycles. The van der Waals surface area contributed by atoms with Gasteiger partial charge in [0.15, 0.2) is 5.79 Å². The van der Waals surface area contributed by atoms with Gasteiger partial charge in [-0.2, -0.15) is 0 Å². The maximum absolute atomic E-state index is 9.64. The highest BCUT2D eigenvalue weighted by atomic mass is 16.8. The van der Waals surface area contributed by atoms with Crippen LogP contribution in [0.1, 0.15) is 13.8 Å². The standard InChI is InChI=1S/C8H14N4O3/c1-8(2)14-6(3-9)7(15-8)5(13)4-11-12-10/h3,5-7,9,13H,4H2,1-2H3/t5-,6-,7-/m1/s1. The van der Waals surface area contributed by atoms with Crippen molar-refractivity contribution in [1.82, 2.24) is 0 Å². The van der Waals surface area contributed by atoms with Crippen molar-refractivity contribution in [2.24, 2.45) is 5.11 Å². The number of hydrogen-bond donors (Lipinski definition) is 2. The number of hydrogen-bond acceptors (Lipinski definition) is 5. The molecule has 3 atom stereocenters. The molecule has 84 valence electrons. The number of aliphatic hydroxyl groups excluding tert-OH is 1. The molecule has 1 aliphatic heterocycles. The van der Waals surface area contributed by atoms with Gasteiger partial charge in [-0.25, -0.2) is 0 Å². The van der Waals surface area contributed by atoms with E-state index in [1.165, 1.54) is 0 Å². The molecule has 0 aromatic heterocycles. The maximum Gasteiger partial charge on any atom is 0.164 e. The Labute approximate surface area is 87.1 Å². The lowest BCUT2D eigenvalue weighted by atomic mass is 10.1. The average Bonchev–Trinajstić information content (AvgIpc) is 2.50. The Morgan fingerprint density at radius 1 is 1.67 bits per heavy atom. The van der Waals surface area contributed by atoms with E-state index in [9.17, 15) is 5.11 Å². The van der Waals surface area contributed by atoms with Crippen LogP contribution in [0.5, 0.6) is 0 Å². The summed E-state index contributed by atoms with van der Waals surface area (Å²) in [6, 6.07) is 0. The van der Waals surface area contributed by atoms with Crippen molar-refractivity contribution in [3.63, 3.8) is 0 Å². The highest BCUT2D eigenvalue weighted by Gasteiger charge is 2.43. The minimum atomic E-state index is -0.964. The van der Waals surface area contributed by atoms with Crippen LogP contribution < -0.4 is 0 Å². The zero-order valence-electron chi connectivity index (χ0n) is 8.62. The maximum atomic E-state index is 9.64. The lowest BCUT2D eigenvalue weighted by molar-refractivity contribution is -0.151. The van der Waals surface area contributed by atoms with Crippen molar-refractivity contribution in [3.05, 3.63) is 10.4 Å². The molecule has 1 rings (SSSR count). The van der Waals surface area contributed by atoms with Gasteiger partial charge in [-0.3, -0.25) is 0 Å². The molecule has 7 heteroatoms. The molecular weight excluding hydrogens is 200 g/mol. The summed E-state index contributed by atoms with van der Waals surface area (Å²) in [4.78, 5) is 2.55. The minimum absolute atomic E-state index is 0.0923.